The van der Waals surface area contributed by atoms with Crippen LogP contribution in [0.25, 0.3) is 22.3 Å². The van der Waals surface area contributed by atoms with Gasteiger partial charge in [-0.15, -0.1) is 4.68 Å². The lowest BCUT2D eigenvalue weighted by molar-refractivity contribution is -0.699. The van der Waals surface area contributed by atoms with Crippen LogP contribution < -0.4 is 4.57 Å². The van der Waals surface area contributed by atoms with Crippen molar-refractivity contribution in [2.45, 2.75) is 36.5 Å². The Bertz CT molecular complexity index is 1500. The van der Waals surface area contributed by atoms with Crippen molar-refractivity contribution in [2.75, 3.05) is 25.4 Å². The lowest BCUT2D eigenvalue weighted by Crippen LogP contribution is -2.32. The average Bonchev–Trinajstić information content (AvgIpc) is 3.34. The van der Waals surface area contributed by atoms with Crippen molar-refractivity contribution in [3.8, 4) is 11.4 Å². The molecule has 38 heavy (non-hydrogen) atoms. The molecule has 9 heteroatoms. The smallest absolute Gasteiger partial charge is 0.302 e. The van der Waals surface area contributed by atoms with Crippen molar-refractivity contribution in [2.24, 2.45) is 20.0 Å². The molecule has 6 rings (SSSR count). The highest BCUT2D eigenvalue weighted by Crippen LogP contribution is 2.59. The number of pyridine rings is 1. The molecule has 0 radical (unpaired) electrons. The summed E-state index contributed by atoms with van der Waals surface area (Å²) in [6.07, 6.45) is -2.15. The van der Waals surface area contributed by atoms with Crippen LogP contribution in [0.4, 0.5) is 13.2 Å². The molecule has 1 aliphatic carbocycles. The minimum atomic E-state index is -4.28. The molecule has 0 spiro atoms. The van der Waals surface area contributed by atoms with Gasteiger partial charge in [0.15, 0.2) is 0 Å². The molecule has 2 atom stereocenters. The fourth-order valence-corrected chi connectivity index (χ4v) is 6.98. The SMILES string of the molecule is Cc1ccc2cc(-c3nn(C)c(SCCCN4C[C@@H]5C[C@]5(c5ccc(C(F)(F)F)cc5)C4)[n+]3C)ccc2n1. The van der Waals surface area contributed by atoms with Crippen LogP contribution in [0.15, 0.2) is 59.8 Å². The average molecular weight is 539 g/mol. The van der Waals surface area contributed by atoms with Crippen LogP contribution in [-0.4, -0.2) is 45.1 Å². The van der Waals surface area contributed by atoms with Crippen LogP contribution in [0.2, 0.25) is 0 Å². The Morgan fingerprint density at radius 1 is 1.11 bits per heavy atom. The van der Waals surface area contributed by atoms with E-state index < -0.39 is 11.7 Å². The summed E-state index contributed by atoms with van der Waals surface area (Å²) in [5.74, 6) is 2.46. The van der Waals surface area contributed by atoms with Gasteiger partial charge < -0.3 is 4.90 Å². The molecule has 1 saturated heterocycles. The van der Waals surface area contributed by atoms with Gasteiger partial charge in [0.25, 0.3) is 5.16 Å². The molecule has 0 amide bonds. The van der Waals surface area contributed by atoms with Crippen molar-refractivity contribution >= 4 is 22.7 Å². The second kappa shape index (κ2) is 9.38. The number of likely N-dealkylation sites (tertiary alicyclic amines) is 1. The maximum absolute atomic E-state index is 12.9. The summed E-state index contributed by atoms with van der Waals surface area (Å²) in [6, 6.07) is 16.3. The number of fused-ring (bicyclic) bond motifs is 2. The maximum Gasteiger partial charge on any atom is 0.416 e. The molecule has 5 nitrogen and oxygen atoms in total. The fraction of sp³-hybridized carbons (Fsp3) is 0.414. The third kappa shape index (κ3) is 4.60. The summed E-state index contributed by atoms with van der Waals surface area (Å²) in [7, 11) is 4.05. The van der Waals surface area contributed by atoms with Gasteiger partial charge in [0.2, 0.25) is 0 Å². The molecule has 0 N–H and O–H groups in total. The summed E-state index contributed by atoms with van der Waals surface area (Å²) in [6.45, 7) is 4.97. The van der Waals surface area contributed by atoms with Gasteiger partial charge >= 0.3 is 12.0 Å². The van der Waals surface area contributed by atoms with Gasteiger partial charge in [0.05, 0.1) is 30.7 Å². The normalized spacial score (nSPS) is 21.3. The van der Waals surface area contributed by atoms with E-state index in [1.54, 1.807) is 12.1 Å². The number of nitrogens with zero attached hydrogens (tertiary/aromatic N) is 5. The molecular weight excluding hydrogens is 507 g/mol. The van der Waals surface area contributed by atoms with E-state index in [9.17, 15) is 13.2 Å². The number of benzene rings is 2. The predicted molar refractivity (Wildman–Crippen MR) is 143 cm³/mol. The van der Waals surface area contributed by atoms with Gasteiger partial charge in [-0.2, -0.15) is 13.2 Å². The van der Waals surface area contributed by atoms with Crippen molar-refractivity contribution in [1.29, 1.82) is 0 Å². The first kappa shape index (κ1) is 25.4. The summed E-state index contributed by atoms with van der Waals surface area (Å²) >= 11 is 1.81. The van der Waals surface area contributed by atoms with Crippen molar-refractivity contribution < 1.29 is 17.7 Å². The molecule has 2 fully saturated rings. The van der Waals surface area contributed by atoms with Crippen LogP contribution in [-0.2, 0) is 25.7 Å². The summed E-state index contributed by atoms with van der Waals surface area (Å²) in [5, 5.41) is 7.01. The van der Waals surface area contributed by atoms with E-state index in [0.717, 1.165) is 76.9 Å². The van der Waals surface area contributed by atoms with E-state index in [0.29, 0.717) is 5.92 Å². The van der Waals surface area contributed by atoms with Gasteiger partial charge in [-0.1, -0.05) is 30.0 Å². The molecule has 3 heterocycles. The number of aromatic nitrogens is 4. The van der Waals surface area contributed by atoms with E-state index in [1.807, 2.05) is 36.5 Å². The Labute approximate surface area is 224 Å². The largest absolute Gasteiger partial charge is 0.416 e. The molecule has 2 aliphatic rings. The number of halogens is 3. The first-order chi connectivity index (χ1) is 18.1. The minimum Gasteiger partial charge on any atom is -0.302 e. The third-order valence-corrected chi connectivity index (χ3v) is 9.36. The van der Waals surface area contributed by atoms with Crippen molar-refractivity contribution in [3.05, 3.63) is 71.4 Å². The predicted octanol–water partition coefficient (Wildman–Crippen LogP) is 5.54. The maximum atomic E-state index is 12.9. The van der Waals surface area contributed by atoms with Crippen LogP contribution in [0.3, 0.4) is 0 Å². The van der Waals surface area contributed by atoms with E-state index in [1.165, 1.54) is 12.1 Å². The van der Waals surface area contributed by atoms with Crippen molar-refractivity contribution in [1.82, 2.24) is 19.7 Å². The van der Waals surface area contributed by atoms with Crippen LogP contribution in [0.5, 0.6) is 0 Å². The summed E-state index contributed by atoms with van der Waals surface area (Å²) in [4.78, 5) is 7.08. The Morgan fingerprint density at radius 2 is 1.89 bits per heavy atom. The fourth-order valence-electron chi connectivity index (χ4n) is 6.01. The van der Waals surface area contributed by atoms with Crippen LogP contribution in [0, 0.1) is 12.8 Å². The summed E-state index contributed by atoms with van der Waals surface area (Å²) < 4.78 is 42.9. The molecule has 2 aromatic carbocycles. The van der Waals surface area contributed by atoms with E-state index in [-0.39, 0.29) is 5.41 Å². The zero-order valence-electron chi connectivity index (χ0n) is 21.8. The van der Waals surface area contributed by atoms with E-state index in [2.05, 4.69) is 45.8 Å². The van der Waals surface area contributed by atoms with Gasteiger partial charge in [-0.05, 0) is 74.2 Å². The zero-order chi connectivity index (χ0) is 26.7. The molecule has 0 unspecified atom stereocenters. The highest BCUT2D eigenvalue weighted by molar-refractivity contribution is 7.99. The first-order valence-electron chi connectivity index (χ1n) is 13.0. The molecule has 1 saturated carbocycles. The number of piperidine rings is 1. The lowest BCUT2D eigenvalue weighted by Gasteiger charge is -2.21. The molecule has 1 aliphatic heterocycles. The van der Waals surface area contributed by atoms with Gasteiger partial charge in [0.1, 0.15) is 0 Å². The number of thioether (sulfide) groups is 1. The number of hydrogen-bond acceptors (Lipinski definition) is 4. The molecule has 2 aromatic heterocycles. The molecule has 4 aromatic rings. The molecule has 198 valence electrons. The van der Waals surface area contributed by atoms with Crippen LogP contribution in [0.1, 0.15) is 29.7 Å². The second-order valence-corrected chi connectivity index (χ2v) is 11.8. The minimum absolute atomic E-state index is 0.0503. The van der Waals surface area contributed by atoms with Crippen molar-refractivity contribution in [3.63, 3.8) is 0 Å². The number of rotatable bonds is 7. The van der Waals surface area contributed by atoms with E-state index in [4.69, 9.17) is 5.10 Å². The number of aryl methyl sites for hydroxylation is 2. The Kier molecular flexibility index (Phi) is 6.26. The van der Waals surface area contributed by atoms with E-state index >= 15 is 0 Å². The Hall–Kier alpha value is -2.91. The Morgan fingerprint density at radius 3 is 2.66 bits per heavy atom. The number of hydrogen-bond donors (Lipinski definition) is 0. The van der Waals surface area contributed by atoms with Gasteiger partial charge in [-0.3, -0.25) is 4.98 Å². The van der Waals surface area contributed by atoms with Gasteiger partial charge in [0, 0.05) is 40.4 Å². The molecular formula is C29H31F3N5S+. The monoisotopic (exact) mass is 538 g/mol. The number of alkyl halides is 3. The standard InChI is InChI=1S/C29H31F3N5S/c1-19-5-6-20-15-21(7-12-25(20)33-19)26-34-36(3)27(35(26)2)38-14-4-13-37-17-24-16-28(24,18-37)22-8-10-23(11-9-22)29(30,31)32/h5-12,15,24H,4,13-14,16-18H2,1-3H3/q+1/t24-,28+/m0/s1. The topological polar surface area (TPSA) is 37.8 Å². The lowest BCUT2D eigenvalue weighted by atomic mass is 9.94. The second-order valence-electron chi connectivity index (χ2n) is 10.7. The molecule has 0 bridgehead atoms. The highest BCUT2D eigenvalue weighted by atomic mass is 32.2. The van der Waals surface area contributed by atoms with Gasteiger partial charge in [-0.25, -0.2) is 4.57 Å². The van der Waals surface area contributed by atoms with Crippen LogP contribution >= 0.6 is 11.8 Å². The zero-order valence-corrected chi connectivity index (χ0v) is 22.6. The Balaban J connectivity index is 1.05. The third-order valence-electron chi connectivity index (χ3n) is 8.07. The quantitative estimate of drug-likeness (QED) is 0.176. The first-order valence-corrected chi connectivity index (χ1v) is 14.0. The summed E-state index contributed by atoms with van der Waals surface area (Å²) in [5.41, 5.74) is 3.60. The highest BCUT2D eigenvalue weighted by Gasteiger charge is 2.60.